The molecule has 5 nitrogen and oxygen atoms in total. The molecule has 1 aromatic heterocycles. The summed E-state index contributed by atoms with van der Waals surface area (Å²) in [5.41, 5.74) is 2.73. The van der Waals surface area contributed by atoms with Crippen molar-refractivity contribution >= 4 is 45.8 Å². The van der Waals surface area contributed by atoms with Gasteiger partial charge in [0.2, 0.25) is 0 Å². The maximum Gasteiger partial charge on any atom is 0.344 e. The van der Waals surface area contributed by atoms with Gasteiger partial charge < -0.3 is 14.5 Å². The number of hydrogen-bond donors (Lipinski definition) is 1. The first kappa shape index (κ1) is 21.9. The Morgan fingerprint density at radius 2 is 1.78 bits per heavy atom. The Kier molecular flexibility index (Phi) is 6.21. The minimum Gasteiger partial charge on any atom is -0.479 e. The van der Waals surface area contributed by atoms with Gasteiger partial charge in [0.1, 0.15) is 11.3 Å². The van der Waals surface area contributed by atoms with Crippen molar-refractivity contribution in [3.63, 3.8) is 0 Å². The van der Waals surface area contributed by atoms with E-state index < -0.39 is 11.7 Å². The maximum atomic E-state index is 12.6. The highest BCUT2D eigenvalue weighted by atomic mass is 35.5. The van der Waals surface area contributed by atoms with Crippen molar-refractivity contribution in [3.8, 4) is 16.9 Å². The molecule has 0 radical (unpaired) electrons. The van der Waals surface area contributed by atoms with E-state index in [4.69, 9.17) is 32.4 Å². The monoisotopic (exact) mass is 467 g/mol. The predicted octanol–water partition coefficient (Wildman–Crippen LogP) is 6.48. The van der Waals surface area contributed by atoms with Crippen LogP contribution in [0.25, 0.3) is 22.1 Å². The van der Waals surface area contributed by atoms with Crippen LogP contribution in [0, 0.1) is 6.92 Å². The van der Waals surface area contributed by atoms with Gasteiger partial charge in [-0.15, -0.1) is 0 Å². The molecule has 0 aliphatic heterocycles. The van der Waals surface area contributed by atoms with E-state index >= 15 is 0 Å². The Morgan fingerprint density at radius 3 is 2.53 bits per heavy atom. The van der Waals surface area contributed by atoms with Gasteiger partial charge in [0.15, 0.2) is 6.10 Å². The van der Waals surface area contributed by atoms with Crippen LogP contribution in [0.4, 0.5) is 5.69 Å². The van der Waals surface area contributed by atoms with E-state index in [1.54, 1.807) is 49.4 Å². The van der Waals surface area contributed by atoms with Gasteiger partial charge in [-0.3, -0.25) is 4.79 Å². The minimum atomic E-state index is -0.791. The summed E-state index contributed by atoms with van der Waals surface area (Å²) >= 11 is 12.0. The van der Waals surface area contributed by atoms with Gasteiger partial charge in [0.05, 0.1) is 10.6 Å². The molecule has 0 bridgehead atoms. The topological polar surface area (TPSA) is 68.5 Å². The molecule has 1 atom stereocenters. The van der Waals surface area contributed by atoms with Gasteiger partial charge in [0, 0.05) is 16.1 Å². The number of carbonyl (C=O) groups excluding carboxylic acids is 1. The van der Waals surface area contributed by atoms with Crippen LogP contribution in [0.3, 0.4) is 0 Å². The largest absolute Gasteiger partial charge is 0.479 e. The fourth-order valence-electron chi connectivity index (χ4n) is 3.35. The average Bonchev–Trinajstić information content (AvgIpc) is 2.75. The number of ether oxygens (including phenoxy) is 1. The number of para-hydroxylation sites is 1. The van der Waals surface area contributed by atoms with E-state index in [-0.39, 0.29) is 5.91 Å². The molecule has 3 aromatic carbocycles. The molecular formula is C25H19Cl2NO4. The number of nitrogens with one attached hydrogen (secondary N) is 1. The molecule has 0 saturated heterocycles. The lowest BCUT2D eigenvalue weighted by Gasteiger charge is -2.16. The van der Waals surface area contributed by atoms with Gasteiger partial charge >= 0.3 is 5.63 Å². The maximum absolute atomic E-state index is 12.6. The molecule has 32 heavy (non-hydrogen) atoms. The second-order valence-electron chi connectivity index (χ2n) is 7.34. The van der Waals surface area contributed by atoms with Crippen LogP contribution in [-0.4, -0.2) is 12.0 Å². The van der Waals surface area contributed by atoms with Crippen molar-refractivity contribution in [2.24, 2.45) is 0 Å². The number of amides is 1. The summed E-state index contributed by atoms with van der Waals surface area (Å²) < 4.78 is 11.1. The molecule has 0 spiro atoms. The first-order valence-electron chi connectivity index (χ1n) is 9.88. The molecule has 1 unspecified atom stereocenters. The summed E-state index contributed by atoms with van der Waals surface area (Å²) in [6.45, 7) is 3.49. The van der Waals surface area contributed by atoms with E-state index in [9.17, 15) is 9.59 Å². The Labute approximate surface area is 194 Å². The molecule has 0 aliphatic rings. The fourth-order valence-corrected chi connectivity index (χ4v) is 3.81. The van der Waals surface area contributed by atoms with Crippen LogP contribution >= 0.6 is 23.2 Å². The fraction of sp³-hybridized carbons (Fsp3) is 0.120. The molecule has 0 aliphatic carbocycles. The smallest absolute Gasteiger partial charge is 0.344 e. The minimum absolute atomic E-state index is 0.326. The van der Waals surface area contributed by atoms with Crippen LogP contribution < -0.4 is 15.7 Å². The van der Waals surface area contributed by atoms with Crippen LogP contribution in [-0.2, 0) is 4.79 Å². The summed E-state index contributed by atoms with van der Waals surface area (Å²) in [5, 5.41) is 4.47. The van der Waals surface area contributed by atoms with Crippen molar-refractivity contribution in [2.75, 3.05) is 5.32 Å². The number of aryl methyl sites for hydroxylation is 1. The molecule has 7 heteroatoms. The zero-order chi connectivity index (χ0) is 22.8. The molecule has 1 heterocycles. The van der Waals surface area contributed by atoms with Crippen LogP contribution in [0.5, 0.6) is 5.75 Å². The summed E-state index contributed by atoms with van der Waals surface area (Å²) in [7, 11) is 0. The van der Waals surface area contributed by atoms with Gasteiger partial charge in [-0.05, 0) is 67.4 Å². The lowest BCUT2D eigenvalue weighted by atomic mass is 10.0. The Morgan fingerprint density at radius 1 is 1.00 bits per heavy atom. The van der Waals surface area contributed by atoms with E-state index in [2.05, 4.69) is 5.32 Å². The number of fused-ring (bicyclic) bond motifs is 1. The quantitative estimate of drug-likeness (QED) is 0.341. The molecule has 1 amide bonds. The van der Waals surface area contributed by atoms with Gasteiger partial charge in [-0.1, -0.05) is 47.5 Å². The van der Waals surface area contributed by atoms with E-state index in [1.807, 2.05) is 31.2 Å². The van der Waals surface area contributed by atoms with Crippen molar-refractivity contribution < 1.29 is 13.9 Å². The van der Waals surface area contributed by atoms with Crippen LogP contribution in [0.15, 0.2) is 75.9 Å². The first-order chi connectivity index (χ1) is 15.3. The third-order valence-corrected chi connectivity index (χ3v) is 5.52. The number of rotatable bonds is 5. The van der Waals surface area contributed by atoms with Crippen molar-refractivity contribution in [1.82, 2.24) is 0 Å². The second-order valence-corrected chi connectivity index (χ2v) is 8.18. The molecule has 0 fully saturated rings. The zero-order valence-electron chi connectivity index (χ0n) is 17.3. The number of anilines is 1. The summed E-state index contributed by atoms with van der Waals surface area (Å²) in [6, 6.07) is 19.3. The first-order valence-corrected chi connectivity index (χ1v) is 10.6. The normalized spacial score (nSPS) is 11.9. The van der Waals surface area contributed by atoms with Gasteiger partial charge in [0.25, 0.3) is 5.91 Å². The average molecular weight is 468 g/mol. The Balaban J connectivity index is 1.53. The number of halogens is 2. The van der Waals surface area contributed by atoms with E-state index in [1.165, 1.54) is 0 Å². The highest BCUT2D eigenvalue weighted by molar-refractivity contribution is 6.35. The van der Waals surface area contributed by atoms with Crippen LogP contribution in [0.2, 0.25) is 10.0 Å². The lowest BCUT2D eigenvalue weighted by Crippen LogP contribution is -2.30. The predicted molar refractivity (Wildman–Crippen MR) is 128 cm³/mol. The molecule has 4 aromatic rings. The second kappa shape index (κ2) is 9.07. The third kappa shape index (κ3) is 4.64. The SMILES string of the molecule is Cc1cc(NC(=O)C(C)Oc2ccc(Cl)cc2Cl)ccc1-c1cc2ccccc2oc1=O. The molecule has 4 rings (SSSR count). The van der Waals surface area contributed by atoms with Gasteiger partial charge in [-0.2, -0.15) is 0 Å². The molecule has 1 N–H and O–H groups in total. The number of carbonyl (C=O) groups is 1. The van der Waals surface area contributed by atoms with E-state index in [0.717, 1.165) is 16.5 Å². The van der Waals surface area contributed by atoms with Crippen molar-refractivity contribution in [2.45, 2.75) is 20.0 Å². The summed E-state index contributed by atoms with van der Waals surface area (Å²) in [4.78, 5) is 25.1. The highest BCUT2D eigenvalue weighted by Gasteiger charge is 2.17. The third-order valence-electron chi connectivity index (χ3n) is 4.99. The Hall–Kier alpha value is -3.28. The molecule has 0 saturated carbocycles. The van der Waals surface area contributed by atoms with Gasteiger partial charge in [-0.25, -0.2) is 4.79 Å². The summed E-state index contributed by atoms with van der Waals surface area (Å²) in [5.74, 6) is 0.0293. The highest BCUT2D eigenvalue weighted by Crippen LogP contribution is 2.29. The number of benzene rings is 3. The van der Waals surface area contributed by atoms with E-state index in [0.29, 0.717) is 32.6 Å². The molecule has 162 valence electrons. The zero-order valence-corrected chi connectivity index (χ0v) is 18.8. The number of hydrogen-bond acceptors (Lipinski definition) is 4. The van der Waals surface area contributed by atoms with Crippen molar-refractivity contribution in [3.05, 3.63) is 92.8 Å². The Bertz CT molecular complexity index is 1380. The lowest BCUT2D eigenvalue weighted by molar-refractivity contribution is -0.122. The van der Waals surface area contributed by atoms with Crippen molar-refractivity contribution in [1.29, 1.82) is 0 Å². The summed E-state index contributed by atoms with van der Waals surface area (Å²) in [6.07, 6.45) is -0.791. The van der Waals surface area contributed by atoms with Crippen LogP contribution in [0.1, 0.15) is 12.5 Å². The standard InChI is InChI=1S/C25H19Cl2NO4/c1-14-11-18(28-24(29)15(2)31-23-10-7-17(26)13-21(23)27)8-9-19(14)20-12-16-5-3-4-6-22(16)32-25(20)30/h3-13,15H,1-2H3,(H,28,29). The molecular weight excluding hydrogens is 449 g/mol.